The van der Waals surface area contributed by atoms with Crippen molar-refractivity contribution in [3.63, 3.8) is 0 Å². The molecule has 0 spiro atoms. The van der Waals surface area contributed by atoms with Gasteiger partial charge in [-0.1, -0.05) is 50.2 Å². The number of para-hydroxylation sites is 2. The van der Waals surface area contributed by atoms with E-state index in [1.165, 1.54) is 10.6 Å². The summed E-state index contributed by atoms with van der Waals surface area (Å²) in [6.45, 7) is 7.14. The lowest BCUT2D eigenvalue weighted by atomic mass is 10.0. The zero-order chi connectivity index (χ0) is 22.1. The molecule has 0 saturated heterocycles. The summed E-state index contributed by atoms with van der Waals surface area (Å²) in [7, 11) is -3.42. The predicted molar refractivity (Wildman–Crippen MR) is 122 cm³/mol. The number of amides is 1. The van der Waals surface area contributed by atoms with E-state index in [0.717, 1.165) is 16.9 Å². The lowest BCUT2D eigenvalue weighted by Gasteiger charge is -2.24. The first kappa shape index (κ1) is 23.7. The molecule has 6 nitrogen and oxygen atoms in total. The van der Waals surface area contributed by atoms with Gasteiger partial charge in [-0.15, -0.1) is 0 Å². The van der Waals surface area contributed by atoms with E-state index in [9.17, 15) is 13.2 Å². The van der Waals surface area contributed by atoms with Gasteiger partial charge < -0.3 is 10.1 Å². The average molecular weight is 433 g/mol. The fraction of sp³-hybridized carbons (Fsp3) is 0.435. The molecule has 2 aromatic rings. The summed E-state index contributed by atoms with van der Waals surface area (Å²) in [6, 6.07) is 15.2. The number of sulfonamides is 1. The van der Waals surface area contributed by atoms with Crippen molar-refractivity contribution in [3.8, 4) is 5.75 Å². The minimum atomic E-state index is -3.42. The van der Waals surface area contributed by atoms with E-state index in [0.29, 0.717) is 31.2 Å². The van der Waals surface area contributed by atoms with Crippen molar-refractivity contribution in [2.24, 2.45) is 0 Å². The number of carbonyl (C=O) groups is 1. The standard InChI is InChI=1S/C23H32N2O4S/c1-18(2)20-11-6-8-13-22(20)29-17-15-24-23(26)14-9-16-25(30(4,27)28)21-12-7-5-10-19(21)3/h5-8,10-13,18H,9,14-17H2,1-4H3,(H,24,26). The van der Waals surface area contributed by atoms with Gasteiger partial charge in [-0.2, -0.15) is 0 Å². The highest BCUT2D eigenvalue weighted by Crippen LogP contribution is 2.25. The van der Waals surface area contributed by atoms with Gasteiger partial charge in [0.15, 0.2) is 0 Å². The summed E-state index contributed by atoms with van der Waals surface area (Å²) in [4.78, 5) is 12.1. The largest absolute Gasteiger partial charge is 0.491 e. The highest BCUT2D eigenvalue weighted by molar-refractivity contribution is 7.92. The Balaban J connectivity index is 1.78. The molecule has 0 aliphatic rings. The van der Waals surface area contributed by atoms with Crippen molar-refractivity contribution in [3.05, 3.63) is 59.7 Å². The van der Waals surface area contributed by atoms with Crippen LogP contribution >= 0.6 is 0 Å². The first-order valence-corrected chi connectivity index (χ1v) is 12.1. The van der Waals surface area contributed by atoms with Crippen LogP contribution in [0.3, 0.4) is 0 Å². The second-order valence-electron chi connectivity index (χ2n) is 7.62. The molecule has 0 aliphatic heterocycles. The molecular weight excluding hydrogens is 400 g/mol. The SMILES string of the molecule is Cc1ccccc1N(CCCC(=O)NCCOc1ccccc1C(C)C)S(C)(=O)=O. The zero-order valence-electron chi connectivity index (χ0n) is 18.2. The second kappa shape index (κ2) is 11.0. The Kier molecular flexibility index (Phi) is 8.72. The quantitative estimate of drug-likeness (QED) is 0.547. The number of aryl methyl sites for hydroxylation is 1. The normalized spacial score (nSPS) is 11.4. The minimum Gasteiger partial charge on any atom is -0.491 e. The molecule has 7 heteroatoms. The molecule has 1 N–H and O–H groups in total. The third-order valence-corrected chi connectivity index (χ3v) is 5.95. The van der Waals surface area contributed by atoms with Crippen LogP contribution in [0.1, 0.15) is 43.7 Å². The molecule has 0 fully saturated rings. The number of benzene rings is 2. The van der Waals surface area contributed by atoms with Gasteiger partial charge in [-0.3, -0.25) is 9.10 Å². The fourth-order valence-corrected chi connectivity index (χ4v) is 4.24. The maximum Gasteiger partial charge on any atom is 0.232 e. The van der Waals surface area contributed by atoms with Crippen molar-refractivity contribution in [2.75, 3.05) is 30.3 Å². The molecule has 0 aliphatic carbocycles. The number of anilines is 1. The van der Waals surface area contributed by atoms with Gasteiger partial charge in [0.1, 0.15) is 12.4 Å². The molecule has 0 aromatic heterocycles. The van der Waals surface area contributed by atoms with E-state index >= 15 is 0 Å². The average Bonchev–Trinajstić information content (AvgIpc) is 2.69. The summed E-state index contributed by atoms with van der Waals surface area (Å²) in [5.41, 5.74) is 2.67. The third-order valence-electron chi connectivity index (χ3n) is 4.77. The molecule has 0 radical (unpaired) electrons. The maximum absolute atomic E-state index is 12.2. The van der Waals surface area contributed by atoms with Crippen LogP contribution in [0.5, 0.6) is 5.75 Å². The zero-order valence-corrected chi connectivity index (χ0v) is 19.0. The molecule has 2 aromatic carbocycles. The Morgan fingerprint density at radius 1 is 1.10 bits per heavy atom. The number of nitrogens with zero attached hydrogens (tertiary/aromatic N) is 1. The number of ether oxygens (including phenoxy) is 1. The summed E-state index contributed by atoms with van der Waals surface area (Å²) >= 11 is 0. The van der Waals surface area contributed by atoms with Crippen LogP contribution in [-0.4, -0.2) is 40.3 Å². The number of rotatable bonds is 11. The highest BCUT2D eigenvalue weighted by Gasteiger charge is 2.19. The van der Waals surface area contributed by atoms with Gasteiger partial charge in [-0.05, 0) is 42.5 Å². The summed E-state index contributed by atoms with van der Waals surface area (Å²) in [5, 5.41) is 2.83. The molecule has 0 atom stereocenters. The molecule has 0 saturated carbocycles. The molecule has 1 amide bonds. The second-order valence-corrected chi connectivity index (χ2v) is 9.52. The monoisotopic (exact) mass is 432 g/mol. The maximum atomic E-state index is 12.2. The van der Waals surface area contributed by atoms with Crippen LogP contribution in [0.4, 0.5) is 5.69 Å². The van der Waals surface area contributed by atoms with E-state index in [-0.39, 0.29) is 18.9 Å². The van der Waals surface area contributed by atoms with Crippen molar-refractivity contribution in [1.82, 2.24) is 5.32 Å². The summed E-state index contributed by atoms with van der Waals surface area (Å²) < 4.78 is 31.5. The molecule has 30 heavy (non-hydrogen) atoms. The minimum absolute atomic E-state index is 0.117. The van der Waals surface area contributed by atoms with Gasteiger partial charge in [0, 0.05) is 13.0 Å². The van der Waals surface area contributed by atoms with E-state index in [1.54, 1.807) is 6.07 Å². The topological polar surface area (TPSA) is 75.7 Å². The smallest absolute Gasteiger partial charge is 0.232 e. The molecule has 0 heterocycles. The number of hydrogen-bond acceptors (Lipinski definition) is 4. The van der Waals surface area contributed by atoms with Gasteiger partial charge in [0.25, 0.3) is 0 Å². The molecule has 164 valence electrons. The van der Waals surface area contributed by atoms with Crippen LogP contribution in [0, 0.1) is 6.92 Å². The van der Waals surface area contributed by atoms with E-state index in [2.05, 4.69) is 19.2 Å². The molecular formula is C23H32N2O4S. The van der Waals surface area contributed by atoms with E-state index < -0.39 is 10.0 Å². The summed E-state index contributed by atoms with van der Waals surface area (Å²) in [5.74, 6) is 1.08. The Morgan fingerprint density at radius 3 is 2.43 bits per heavy atom. The summed E-state index contributed by atoms with van der Waals surface area (Å²) in [6.07, 6.45) is 1.87. The number of hydrogen-bond donors (Lipinski definition) is 1. The van der Waals surface area contributed by atoms with Crippen molar-refractivity contribution >= 4 is 21.6 Å². The lowest BCUT2D eigenvalue weighted by Crippen LogP contribution is -2.33. The highest BCUT2D eigenvalue weighted by atomic mass is 32.2. The van der Waals surface area contributed by atoms with Gasteiger partial charge in [0.05, 0.1) is 18.5 Å². The van der Waals surface area contributed by atoms with Gasteiger partial charge >= 0.3 is 0 Å². The molecule has 0 bridgehead atoms. The Morgan fingerprint density at radius 2 is 1.77 bits per heavy atom. The number of carbonyl (C=O) groups excluding carboxylic acids is 1. The van der Waals surface area contributed by atoms with Crippen LogP contribution in [0.2, 0.25) is 0 Å². The predicted octanol–water partition coefficient (Wildman–Crippen LogP) is 3.86. The Labute approximate surface area is 180 Å². The fourth-order valence-electron chi connectivity index (χ4n) is 3.22. The Hall–Kier alpha value is -2.54. The van der Waals surface area contributed by atoms with Crippen LogP contribution < -0.4 is 14.4 Å². The third kappa shape index (κ3) is 7.06. The van der Waals surface area contributed by atoms with Crippen LogP contribution in [-0.2, 0) is 14.8 Å². The van der Waals surface area contributed by atoms with Gasteiger partial charge in [-0.25, -0.2) is 8.42 Å². The van der Waals surface area contributed by atoms with E-state index in [4.69, 9.17) is 4.74 Å². The Bertz CT molecular complexity index is 942. The van der Waals surface area contributed by atoms with Crippen molar-refractivity contribution in [2.45, 2.75) is 39.5 Å². The van der Waals surface area contributed by atoms with Crippen molar-refractivity contribution in [1.29, 1.82) is 0 Å². The van der Waals surface area contributed by atoms with Crippen molar-refractivity contribution < 1.29 is 17.9 Å². The first-order chi connectivity index (χ1) is 14.2. The van der Waals surface area contributed by atoms with E-state index in [1.807, 2.05) is 49.4 Å². The first-order valence-electron chi connectivity index (χ1n) is 10.2. The van der Waals surface area contributed by atoms with Gasteiger partial charge in [0.2, 0.25) is 15.9 Å². The molecule has 0 unspecified atom stereocenters. The van der Waals surface area contributed by atoms with Crippen LogP contribution in [0.15, 0.2) is 48.5 Å². The number of nitrogens with one attached hydrogen (secondary N) is 1. The van der Waals surface area contributed by atoms with Crippen LogP contribution in [0.25, 0.3) is 0 Å². The molecule has 2 rings (SSSR count). The lowest BCUT2D eigenvalue weighted by molar-refractivity contribution is -0.121.